The van der Waals surface area contributed by atoms with Gasteiger partial charge in [-0.05, 0) is 67.7 Å². The van der Waals surface area contributed by atoms with Crippen molar-refractivity contribution in [2.45, 2.75) is 84.7 Å². The van der Waals surface area contributed by atoms with Crippen molar-refractivity contribution in [2.75, 3.05) is 0 Å². The predicted octanol–water partition coefficient (Wildman–Crippen LogP) is 7.28. The summed E-state index contributed by atoms with van der Waals surface area (Å²) in [7, 11) is 0. The first kappa shape index (κ1) is 25.8. The number of unbranched alkanes of at least 4 members (excludes halogenated alkanes) is 2. The van der Waals surface area contributed by atoms with E-state index in [0.717, 1.165) is 47.6 Å². The average molecular weight is 467 g/mol. The molecule has 2 aromatic carbocycles. The zero-order chi connectivity index (χ0) is 25.0. The topological polar surface area (TPSA) is 83.8 Å². The van der Waals surface area contributed by atoms with Gasteiger partial charge in [-0.3, -0.25) is 9.59 Å². The fraction of sp³-hybridized carbons (Fsp3) is 0.517. The molecule has 0 spiro atoms. The van der Waals surface area contributed by atoms with Crippen LogP contribution in [-0.4, -0.2) is 27.8 Å². The van der Waals surface area contributed by atoms with Crippen molar-refractivity contribution >= 4 is 28.8 Å². The SMILES string of the molecule is CCCCC(C(=O)O)C1=Cc2c(OC(C)(C)C)ccc3cccc(c23)C1C(CCCC)C(=O)O. The van der Waals surface area contributed by atoms with Gasteiger partial charge in [-0.2, -0.15) is 0 Å². The average Bonchev–Trinajstić information content (AvgIpc) is 2.76. The molecule has 0 saturated heterocycles. The Balaban J connectivity index is 2.32. The second-order valence-corrected chi connectivity index (χ2v) is 10.4. The Kier molecular flexibility index (Phi) is 8.06. The van der Waals surface area contributed by atoms with Gasteiger partial charge < -0.3 is 14.9 Å². The third-order valence-corrected chi connectivity index (χ3v) is 6.63. The molecule has 5 nitrogen and oxygen atoms in total. The summed E-state index contributed by atoms with van der Waals surface area (Å²) < 4.78 is 6.29. The number of hydrogen-bond donors (Lipinski definition) is 2. The third kappa shape index (κ3) is 5.45. The highest BCUT2D eigenvalue weighted by atomic mass is 16.5. The summed E-state index contributed by atoms with van der Waals surface area (Å²) in [5.41, 5.74) is 2.02. The van der Waals surface area contributed by atoms with Crippen LogP contribution in [0.5, 0.6) is 5.75 Å². The maximum Gasteiger partial charge on any atom is 0.310 e. The minimum absolute atomic E-state index is 0.427. The number of benzene rings is 2. The van der Waals surface area contributed by atoms with E-state index in [-0.39, 0.29) is 0 Å². The molecular formula is C29H38O5. The molecule has 0 bridgehead atoms. The highest BCUT2D eigenvalue weighted by molar-refractivity contribution is 6.00. The zero-order valence-corrected chi connectivity index (χ0v) is 21.1. The molecular weight excluding hydrogens is 428 g/mol. The van der Waals surface area contributed by atoms with Gasteiger partial charge in [0.05, 0.1) is 11.8 Å². The summed E-state index contributed by atoms with van der Waals surface area (Å²) in [6.07, 6.45) is 6.26. The Labute approximate surface area is 202 Å². The molecule has 0 amide bonds. The summed E-state index contributed by atoms with van der Waals surface area (Å²) >= 11 is 0. The Morgan fingerprint density at radius 3 is 2.24 bits per heavy atom. The largest absolute Gasteiger partial charge is 0.488 e. The molecule has 0 fully saturated rings. The van der Waals surface area contributed by atoms with E-state index in [1.807, 2.05) is 71.0 Å². The zero-order valence-electron chi connectivity index (χ0n) is 21.1. The van der Waals surface area contributed by atoms with Gasteiger partial charge in [0.15, 0.2) is 0 Å². The van der Waals surface area contributed by atoms with Gasteiger partial charge in [-0.25, -0.2) is 0 Å². The summed E-state index contributed by atoms with van der Waals surface area (Å²) in [5, 5.41) is 22.5. The lowest BCUT2D eigenvalue weighted by atomic mass is 9.68. The number of carboxylic acid groups (broad SMARTS) is 2. The molecule has 184 valence electrons. The number of ether oxygens (including phenoxy) is 1. The van der Waals surface area contributed by atoms with E-state index in [2.05, 4.69) is 0 Å². The molecule has 3 rings (SSSR count). The highest BCUT2D eigenvalue weighted by Gasteiger charge is 2.40. The van der Waals surface area contributed by atoms with Crippen molar-refractivity contribution in [3.63, 3.8) is 0 Å². The number of carboxylic acids is 2. The lowest BCUT2D eigenvalue weighted by Crippen LogP contribution is -2.31. The normalized spacial score (nSPS) is 17.2. The Morgan fingerprint density at radius 2 is 1.65 bits per heavy atom. The van der Waals surface area contributed by atoms with E-state index in [1.54, 1.807) is 0 Å². The van der Waals surface area contributed by atoms with Gasteiger partial charge in [0.2, 0.25) is 0 Å². The first-order chi connectivity index (χ1) is 16.1. The second-order valence-electron chi connectivity index (χ2n) is 10.4. The van der Waals surface area contributed by atoms with Crippen molar-refractivity contribution in [3.05, 3.63) is 47.0 Å². The van der Waals surface area contributed by atoms with Gasteiger partial charge in [0, 0.05) is 11.5 Å². The van der Waals surface area contributed by atoms with Gasteiger partial charge in [-0.1, -0.05) is 63.8 Å². The van der Waals surface area contributed by atoms with E-state index in [1.165, 1.54) is 0 Å². The minimum Gasteiger partial charge on any atom is -0.488 e. The van der Waals surface area contributed by atoms with Crippen molar-refractivity contribution in [2.24, 2.45) is 11.8 Å². The molecule has 3 unspecified atom stereocenters. The van der Waals surface area contributed by atoms with Crippen LogP contribution < -0.4 is 4.74 Å². The van der Waals surface area contributed by atoms with Crippen LogP contribution in [0.1, 0.15) is 90.2 Å². The van der Waals surface area contributed by atoms with E-state index in [9.17, 15) is 19.8 Å². The van der Waals surface area contributed by atoms with Crippen LogP contribution in [0.15, 0.2) is 35.9 Å². The summed E-state index contributed by atoms with van der Waals surface area (Å²) in [5.74, 6) is -2.97. The lowest BCUT2D eigenvalue weighted by Gasteiger charge is -2.35. The predicted molar refractivity (Wildman–Crippen MR) is 136 cm³/mol. The summed E-state index contributed by atoms with van der Waals surface area (Å²) in [6, 6.07) is 9.89. The van der Waals surface area contributed by atoms with E-state index in [0.29, 0.717) is 24.2 Å². The molecule has 0 aromatic heterocycles. The fourth-order valence-electron chi connectivity index (χ4n) is 5.14. The third-order valence-electron chi connectivity index (χ3n) is 6.63. The van der Waals surface area contributed by atoms with Crippen LogP contribution in [-0.2, 0) is 9.59 Å². The fourth-order valence-corrected chi connectivity index (χ4v) is 5.14. The molecule has 2 N–H and O–H groups in total. The van der Waals surface area contributed by atoms with Gasteiger partial charge in [0.1, 0.15) is 11.4 Å². The van der Waals surface area contributed by atoms with Crippen molar-refractivity contribution in [1.29, 1.82) is 0 Å². The molecule has 34 heavy (non-hydrogen) atoms. The molecule has 1 aliphatic rings. The van der Waals surface area contributed by atoms with E-state index >= 15 is 0 Å². The number of aliphatic carboxylic acids is 2. The molecule has 2 aromatic rings. The maximum absolute atomic E-state index is 12.5. The molecule has 0 aliphatic heterocycles. The van der Waals surface area contributed by atoms with Crippen LogP contribution in [0.2, 0.25) is 0 Å². The summed E-state index contributed by atoms with van der Waals surface area (Å²) in [6.45, 7) is 10.0. The quantitative estimate of drug-likeness (QED) is 0.363. The molecule has 3 atom stereocenters. The van der Waals surface area contributed by atoms with Gasteiger partial charge in [0.25, 0.3) is 0 Å². The van der Waals surface area contributed by atoms with Crippen LogP contribution >= 0.6 is 0 Å². The molecule has 5 heteroatoms. The van der Waals surface area contributed by atoms with Crippen molar-refractivity contribution in [3.8, 4) is 5.75 Å². The van der Waals surface area contributed by atoms with Crippen LogP contribution in [0, 0.1) is 11.8 Å². The van der Waals surface area contributed by atoms with Crippen LogP contribution in [0.4, 0.5) is 0 Å². The van der Waals surface area contributed by atoms with Gasteiger partial charge >= 0.3 is 11.9 Å². The van der Waals surface area contributed by atoms with E-state index < -0.39 is 35.3 Å². The second kappa shape index (κ2) is 10.6. The molecule has 1 aliphatic carbocycles. The number of rotatable bonds is 11. The van der Waals surface area contributed by atoms with E-state index in [4.69, 9.17) is 4.74 Å². The number of hydrogen-bond acceptors (Lipinski definition) is 3. The lowest BCUT2D eigenvalue weighted by molar-refractivity contribution is -0.144. The minimum atomic E-state index is -0.894. The van der Waals surface area contributed by atoms with Crippen molar-refractivity contribution in [1.82, 2.24) is 0 Å². The molecule has 0 heterocycles. The summed E-state index contributed by atoms with van der Waals surface area (Å²) in [4.78, 5) is 25.0. The van der Waals surface area contributed by atoms with Gasteiger partial charge in [-0.15, -0.1) is 0 Å². The Hall–Kier alpha value is -2.82. The molecule has 0 saturated carbocycles. The van der Waals surface area contributed by atoms with Crippen LogP contribution in [0.25, 0.3) is 16.8 Å². The highest BCUT2D eigenvalue weighted by Crippen LogP contribution is 2.50. The molecule has 0 radical (unpaired) electrons. The number of carbonyl (C=O) groups is 2. The Bertz CT molecular complexity index is 1080. The first-order valence-electron chi connectivity index (χ1n) is 12.5. The first-order valence-corrected chi connectivity index (χ1v) is 12.5. The smallest absolute Gasteiger partial charge is 0.310 e. The van der Waals surface area contributed by atoms with Crippen LogP contribution in [0.3, 0.4) is 0 Å². The Morgan fingerprint density at radius 1 is 0.971 bits per heavy atom. The van der Waals surface area contributed by atoms with Crippen molar-refractivity contribution < 1.29 is 24.5 Å². The monoisotopic (exact) mass is 466 g/mol. The maximum atomic E-state index is 12.5. The standard InChI is InChI=1S/C29H38O5/c1-6-8-12-19(27(30)31)22-17-23-24(34-29(3,4)5)16-15-18-11-10-14-20(25(18)23)26(22)21(28(32)33)13-9-7-2/h10-11,14-17,19,21,26H,6-9,12-13H2,1-5H3,(H,30,31)(H,32,33).